The first-order valence-corrected chi connectivity index (χ1v) is 5.15. The molecule has 0 saturated carbocycles. The van der Waals surface area contributed by atoms with Crippen LogP contribution in [0.1, 0.15) is 22.3 Å². The van der Waals surface area contributed by atoms with Crippen LogP contribution >= 0.6 is 22.6 Å². The van der Waals surface area contributed by atoms with E-state index >= 15 is 0 Å². The van der Waals surface area contributed by atoms with Crippen LogP contribution in [0, 0.1) is 29.8 Å². The van der Waals surface area contributed by atoms with Crippen molar-refractivity contribution >= 4 is 22.6 Å². The molecule has 0 aliphatic carbocycles. The number of nitrogens with two attached hydrogens (primary N) is 1. The molecular formula is C11H12IN. The van der Waals surface area contributed by atoms with Crippen LogP contribution in [0.15, 0.2) is 6.07 Å². The zero-order valence-corrected chi connectivity index (χ0v) is 9.97. The summed E-state index contributed by atoms with van der Waals surface area (Å²) in [5.74, 6) is 2.68. The van der Waals surface area contributed by atoms with Crippen molar-refractivity contribution in [1.29, 1.82) is 0 Å². The van der Waals surface area contributed by atoms with Crippen molar-refractivity contribution in [3.05, 3.63) is 31.9 Å². The quantitative estimate of drug-likeness (QED) is 0.622. The van der Waals surface area contributed by atoms with Gasteiger partial charge in [-0.2, -0.15) is 0 Å². The van der Waals surface area contributed by atoms with Crippen molar-refractivity contribution in [2.24, 2.45) is 5.73 Å². The van der Waals surface area contributed by atoms with E-state index in [-0.39, 0.29) is 0 Å². The van der Waals surface area contributed by atoms with Gasteiger partial charge in [0, 0.05) is 15.7 Å². The van der Waals surface area contributed by atoms with Crippen LogP contribution in [0.3, 0.4) is 0 Å². The number of benzene rings is 1. The molecule has 13 heavy (non-hydrogen) atoms. The molecule has 2 N–H and O–H groups in total. The van der Waals surface area contributed by atoms with Gasteiger partial charge in [-0.15, -0.1) is 6.42 Å². The van der Waals surface area contributed by atoms with Gasteiger partial charge in [-0.05, 0) is 59.2 Å². The molecule has 0 bridgehead atoms. The predicted octanol–water partition coefficient (Wildman–Crippen LogP) is 2.35. The monoisotopic (exact) mass is 285 g/mol. The van der Waals surface area contributed by atoms with Crippen LogP contribution in [-0.4, -0.2) is 0 Å². The minimum absolute atomic E-state index is 0.552. The lowest BCUT2D eigenvalue weighted by molar-refractivity contribution is 1.04. The Bertz CT molecular complexity index is 375. The lowest BCUT2D eigenvalue weighted by atomic mass is 10.0. The van der Waals surface area contributed by atoms with E-state index in [1.165, 1.54) is 14.7 Å². The molecule has 0 unspecified atom stereocenters. The standard InChI is InChI=1S/C11H12IN/c1-4-9-5-10(6-13)8(3)11(12)7(9)2/h1,5H,6,13H2,2-3H3. The lowest BCUT2D eigenvalue weighted by Crippen LogP contribution is -2.03. The number of hydrogen-bond donors (Lipinski definition) is 1. The van der Waals surface area contributed by atoms with Gasteiger partial charge in [-0.25, -0.2) is 0 Å². The van der Waals surface area contributed by atoms with E-state index in [0.717, 1.165) is 11.1 Å². The summed E-state index contributed by atoms with van der Waals surface area (Å²) in [7, 11) is 0. The zero-order chi connectivity index (χ0) is 10.0. The fraction of sp³-hybridized carbons (Fsp3) is 0.273. The number of rotatable bonds is 1. The summed E-state index contributed by atoms with van der Waals surface area (Å²) in [5.41, 5.74) is 10.1. The third-order valence-corrected chi connectivity index (χ3v) is 3.86. The van der Waals surface area contributed by atoms with Crippen molar-refractivity contribution in [1.82, 2.24) is 0 Å². The highest BCUT2D eigenvalue weighted by Gasteiger charge is 2.07. The Morgan fingerprint density at radius 1 is 1.46 bits per heavy atom. The molecule has 1 nitrogen and oxygen atoms in total. The van der Waals surface area contributed by atoms with Crippen LogP contribution in [-0.2, 0) is 6.54 Å². The Labute approximate surface area is 92.9 Å². The molecule has 0 saturated heterocycles. The molecule has 0 fully saturated rings. The SMILES string of the molecule is C#Cc1cc(CN)c(C)c(I)c1C. The van der Waals surface area contributed by atoms with Gasteiger partial charge in [0.1, 0.15) is 0 Å². The van der Waals surface area contributed by atoms with E-state index in [1.54, 1.807) is 0 Å². The highest BCUT2D eigenvalue weighted by atomic mass is 127. The van der Waals surface area contributed by atoms with Crippen LogP contribution in [0.2, 0.25) is 0 Å². The Morgan fingerprint density at radius 3 is 2.54 bits per heavy atom. The maximum absolute atomic E-state index is 5.62. The molecule has 1 aromatic carbocycles. The minimum atomic E-state index is 0.552. The molecule has 1 rings (SSSR count). The predicted molar refractivity (Wildman–Crippen MR) is 64.5 cm³/mol. The topological polar surface area (TPSA) is 26.0 Å². The van der Waals surface area contributed by atoms with Crippen molar-refractivity contribution in [3.8, 4) is 12.3 Å². The second-order valence-corrected chi connectivity index (χ2v) is 4.07. The molecule has 0 heterocycles. The maximum Gasteiger partial charge on any atom is 0.0285 e. The molecule has 2 heteroatoms. The molecular weight excluding hydrogens is 273 g/mol. The third kappa shape index (κ3) is 1.87. The van der Waals surface area contributed by atoms with Gasteiger partial charge in [0.05, 0.1) is 0 Å². The Hall–Kier alpha value is -0.530. The zero-order valence-electron chi connectivity index (χ0n) is 7.82. The van der Waals surface area contributed by atoms with Gasteiger partial charge in [0.25, 0.3) is 0 Å². The van der Waals surface area contributed by atoms with E-state index in [0.29, 0.717) is 6.54 Å². The van der Waals surface area contributed by atoms with Gasteiger partial charge in [-0.3, -0.25) is 0 Å². The first kappa shape index (κ1) is 10.6. The normalized spacial score (nSPS) is 9.77. The van der Waals surface area contributed by atoms with E-state index in [2.05, 4.69) is 35.4 Å². The molecule has 1 aromatic rings. The smallest absolute Gasteiger partial charge is 0.0285 e. The van der Waals surface area contributed by atoms with Crippen LogP contribution in [0.4, 0.5) is 0 Å². The van der Waals surface area contributed by atoms with Crippen LogP contribution in [0.25, 0.3) is 0 Å². The molecule has 0 spiro atoms. The summed E-state index contributed by atoms with van der Waals surface area (Å²) in [6, 6.07) is 2.01. The number of hydrogen-bond acceptors (Lipinski definition) is 1. The second kappa shape index (κ2) is 4.12. The Kier molecular flexibility index (Phi) is 3.34. The Morgan fingerprint density at radius 2 is 2.08 bits per heavy atom. The number of terminal acetylenes is 1. The summed E-state index contributed by atoms with van der Waals surface area (Å²) in [4.78, 5) is 0. The molecule has 68 valence electrons. The molecule has 0 aliphatic heterocycles. The van der Waals surface area contributed by atoms with Gasteiger partial charge in [-0.1, -0.05) is 5.92 Å². The average molecular weight is 285 g/mol. The molecule has 0 aliphatic rings. The third-order valence-electron chi connectivity index (χ3n) is 2.24. The molecule has 0 radical (unpaired) electrons. The van der Waals surface area contributed by atoms with Gasteiger partial charge in [0.15, 0.2) is 0 Å². The van der Waals surface area contributed by atoms with Crippen molar-refractivity contribution in [2.75, 3.05) is 0 Å². The molecule has 0 amide bonds. The van der Waals surface area contributed by atoms with Gasteiger partial charge < -0.3 is 5.73 Å². The highest BCUT2D eigenvalue weighted by Crippen LogP contribution is 2.23. The van der Waals surface area contributed by atoms with Gasteiger partial charge >= 0.3 is 0 Å². The summed E-state index contributed by atoms with van der Waals surface area (Å²) >= 11 is 2.32. The van der Waals surface area contributed by atoms with Crippen molar-refractivity contribution in [2.45, 2.75) is 20.4 Å². The Balaban J connectivity index is 3.48. The largest absolute Gasteiger partial charge is 0.326 e. The maximum atomic E-state index is 5.62. The van der Waals surface area contributed by atoms with Crippen LogP contribution in [0.5, 0.6) is 0 Å². The second-order valence-electron chi connectivity index (χ2n) is 3.00. The summed E-state index contributed by atoms with van der Waals surface area (Å²) < 4.78 is 1.23. The number of halogens is 1. The van der Waals surface area contributed by atoms with E-state index in [1.807, 2.05) is 13.0 Å². The van der Waals surface area contributed by atoms with Gasteiger partial charge in [0.2, 0.25) is 0 Å². The first-order chi connectivity index (χ1) is 6.11. The van der Waals surface area contributed by atoms with E-state index in [9.17, 15) is 0 Å². The van der Waals surface area contributed by atoms with E-state index < -0.39 is 0 Å². The fourth-order valence-corrected chi connectivity index (χ4v) is 1.93. The minimum Gasteiger partial charge on any atom is -0.326 e. The fourth-order valence-electron chi connectivity index (χ4n) is 1.29. The van der Waals surface area contributed by atoms with Crippen molar-refractivity contribution in [3.63, 3.8) is 0 Å². The van der Waals surface area contributed by atoms with Crippen LogP contribution < -0.4 is 5.73 Å². The average Bonchev–Trinajstić information content (AvgIpc) is 2.15. The molecule has 0 atom stereocenters. The van der Waals surface area contributed by atoms with Crippen molar-refractivity contribution < 1.29 is 0 Å². The summed E-state index contributed by atoms with van der Waals surface area (Å²) in [6.45, 7) is 4.68. The lowest BCUT2D eigenvalue weighted by Gasteiger charge is -2.10. The highest BCUT2D eigenvalue weighted by molar-refractivity contribution is 14.1. The summed E-state index contributed by atoms with van der Waals surface area (Å²) in [5, 5.41) is 0. The van der Waals surface area contributed by atoms with E-state index in [4.69, 9.17) is 12.2 Å². The summed E-state index contributed by atoms with van der Waals surface area (Å²) in [6.07, 6.45) is 5.40. The first-order valence-electron chi connectivity index (χ1n) is 4.07. The molecule has 0 aromatic heterocycles.